The molecular formula is C15H25NO4. The fourth-order valence-corrected chi connectivity index (χ4v) is 1.86. The highest BCUT2D eigenvalue weighted by Crippen LogP contribution is 2.20. The number of nitrogens with one attached hydrogen (secondary N) is 1. The van der Waals surface area contributed by atoms with Gasteiger partial charge in [-0.25, -0.2) is 4.79 Å². The molecule has 0 saturated carbocycles. The number of amides is 1. The Balaban J connectivity index is 2.32. The van der Waals surface area contributed by atoms with Gasteiger partial charge in [-0.2, -0.15) is 0 Å². The van der Waals surface area contributed by atoms with Crippen LogP contribution in [0.15, 0.2) is 12.2 Å². The summed E-state index contributed by atoms with van der Waals surface area (Å²) in [7, 11) is 0. The van der Waals surface area contributed by atoms with Crippen molar-refractivity contribution < 1.29 is 19.1 Å². The minimum Gasteiger partial charge on any atom is -0.465 e. The number of rotatable bonds is 5. The molecule has 114 valence electrons. The zero-order valence-electron chi connectivity index (χ0n) is 12.8. The second-order valence-electron chi connectivity index (χ2n) is 6.00. The Morgan fingerprint density at radius 1 is 1.30 bits per heavy atom. The largest absolute Gasteiger partial charge is 0.465 e. The van der Waals surface area contributed by atoms with E-state index in [0.717, 1.165) is 12.8 Å². The first kappa shape index (κ1) is 16.5. The summed E-state index contributed by atoms with van der Waals surface area (Å²) < 4.78 is 10.3. The highest BCUT2D eigenvalue weighted by atomic mass is 16.6. The first-order valence-electron chi connectivity index (χ1n) is 7.16. The summed E-state index contributed by atoms with van der Waals surface area (Å²) in [6.45, 7) is 7.94. The molecule has 0 aromatic carbocycles. The van der Waals surface area contributed by atoms with Crippen LogP contribution in [0.2, 0.25) is 0 Å². The van der Waals surface area contributed by atoms with Crippen LogP contribution in [0.4, 0.5) is 4.79 Å². The van der Waals surface area contributed by atoms with Crippen LogP contribution in [0.3, 0.4) is 0 Å². The number of carbonyl (C=O) groups excluding carboxylic acids is 2. The lowest BCUT2D eigenvalue weighted by Crippen LogP contribution is -2.38. The standard InChI is InChI=1S/C15H25NO4/c1-5-6-9-19-13(17)11-7-8-12(10-11)16-14(18)20-15(2,3)4/h7-8,11-12H,5-6,9-10H2,1-4H3,(H,16,18)/t11-,12+/m0/s1. The van der Waals surface area contributed by atoms with E-state index in [-0.39, 0.29) is 17.9 Å². The Kier molecular flexibility index (Phi) is 6.05. The Bertz CT molecular complexity index is 371. The Hall–Kier alpha value is -1.52. The summed E-state index contributed by atoms with van der Waals surface area (Å²) in [4.78, 5) is 23.4. The molecule has 1 aliphatic rings. The molecule has 0 saturated heterocycles. The molecule has 0 spiro atoms. The lowest BCUT2D eigenvalue weighted by atomic mass is 10.1. The van der Waals surface area contributed by atoms with Crippen LogP contribution >= 0.6 is 0 Å². The third-order valence-corrected chi connectivity index (χ3v) is 2.83. The third kappa shape index (κ3) is 6.08. The zero-order chi connectivity index (χ0) is 15.2. The topological polar surface area (TPSA) is 64.6 Å². The summed E-state index contributed by atoms with van der Waals surface area (Å²) in [6, 6.07) is -0.173. The van der Waals surface area contributed by atoms with Gasteiger partial charge in [0.15, 0.2) is 0 Å². The second kappa shape index (κ2) is 7.31. The van der Waals surface area contributed by atoms with Crippen LogP contribution < -0.4 is 5.32 Å². The monoisotopic (exact) mass is 283 g/mol. The van der Waals surface area contributed by atoms with Crippen molar-refractivity contribution in [2.45, 2.75) is 58.6 Å². The normalized spacial score (nSPS) is 21.6. The number of esters is 1. The second-order valence-corrected chi connectivity index (χ2v) is 6.00. The summed E-state index contributed by atoms with van der Waals surface area (Å²) in [5.74, 6) is -0.491. The maximum absolute atomic E-state index is 11.8. The lowest BCUT2D eigenvalue weighted by Gasteiger charge is -2.21. The molecule has 20 heavy (non-hydrogen) atoms. The molecule has 0 aliphatic heterocycles. The minimum atomic E-state index is -0.523. The highest BCUT2D eigenvalue weighted by molar-refractivity contribution is 5.76. The molecule has 0 fully saturated rings. The Morgan fingerprint density at radius 3 is 2.60 bits per heavy atom. The maximum atomic E-state index is 11.8. The number of carbonyl (C=O) groups is 2. The Labute approximate surface area is 120 Å². The minimum absolute atomic E-state index is 0.173. The van der Waals surface area contributed by atoms with E-state index in [0.29, 0.717) is 13.0 Å². The van der Waals surface area contributed by atoms with Crippen molar-refractivity contribution in [3.05, 3.63) is 12.2 Å². The van der Waals surface area contributed by atoms with Crippen molar-refractivity contribution in [2.24, 2.45) is 5.92 Å². The van der Waals surface area contributed by atoms with Crippen molar-refractivity contribution in [3.8, 4) is 0 Å². The fourth-order valence-electron chi connectivity index (χ4n) is 1.86. The van der Waals surface area contributed by atoms with E-state index in [9.17, 15) is 9.59 Å². The molecule has 5 heteroatoms. The molecule has 1 N–H and O–H groups in total. The molecule has 1 amide bonds. The van der Waals surface area contributed by atoms with E-state index in [1.165, 1.54) is 0 Å². The van der Waals surface area contributed by atoms with E-state index in [1.807, 2.05) is 33.8 Å². The quantitative estimate of drug-likeness (QED) is 0.479. The molecular weight excluding hydrogens is 258 g/mol. The molecule has 1 rings (SSSR count). The first-order chi connectivity index (χ1) is 9.31. The molecule has 1 aliphatic carbocycles. The van der Waals surface area contributed by atoms with Crippen LogP contribution in [0, 0.1) is 5.92 Å². The van der Waals surface area contributed by atoms with Crippen LogP contribution in [-0.2, 0) is 14.3 Å². The molecule has 0 aromatic rings. The summed E-state index contributed by atoms with van der Waals surface area (Å²) >= 11 is 0. The average Bonchev–Trinajstić information content (AvgIpc) is 2.75. The van der Waals surface area contributed by atoms with E-state index in [4.69, 9.17) is 9.47 Å². The van der Waals surface area contributed by atoms with Gasteiger partial charge < -0.3 is 14.8 Å². The number of unbranched alkanes of at least 4 members (excludes halogenated alkanes) is 1. The van der Waals surface area contributed by atoms with Crippen molar-refractivity contribution in [1.82, 2.24) is 5.32 Å². The number of alkyl carbamates (subject to hydrolysis) is 1. The highest BCUT2D eigenvalue weighted by Gasteiger charge is 2.28. The van der Waals surface area contributed by atoms with Gasteiger partial charge >= 0.3 is 12.1 Å². The lowest BCUT2D eigenvalue weighted by molar-refractivity contribution is -0.147. The van der Waals surface area contributed by atoms with Gasteiger partial charge in [-0.3, -0.25) is 4.79 Å². The van der Waals surface area contributed by atoms with Crippen LogP contribution in [-0.4, -0.2) is 30.3 Å². The molecule has 0 aromatic heterocycles. The van der Waals surface area contributed by atoms with Gasteiger partial charge in [0.25, 0.3) is 0 Å². The smallest absolute Gasteiger partial charge is 0.408 e. The summed E-state index contributed by atoms with van der Waals surface area (Å²) in [5.41, 5.74) is -0.523. The van der Waals surface area contributed by atoms with Crippen molar-refractivity contribution in [1.29, 1.82) is 0 Å². The summed E-state index contributed by atoms with van der Waals surface area (Å²) in [6.07, 6.45) is 5.54. The molecule has 0 unspecified atom stereocenters. The van der Waals surface area contributed by atoms with E-state index < -0.39 is 11.7 Å². The van der Waals surface area contributed by atoms with Gasteiger partial charge in [0.2, 0.25) is 0 Å². The Morgan fingerprint density at radius 2 is 2.00 bits per heavy atom. The fraction of sp³-hybridized carbons (Fsp3) is 0.733. The predicted octanol–water partition coefficient (Wildman–Crippen LogP) is 2.80. The number of hydrogen-bond donors (Lipinski definition) is 1. The van der Waals surface area contributed by atoms with Crippen molar-refractivity contribution in [3.63, 3.8) is 0 Å². The molecule has 5 nitrogen and oxygen atoms in total. The van der Waals surface area contributed by atoms with Crippen molar-refractivity contribution >= 4 is 12.1 Å². The summed E-state index contributed by atoms with van der Waals surface area (Å²) in [5, 5.41) is 2.73. The van der Waals surface area contributed by atoms with Gasteiger partial charge in [-0.05, 0) is 33.6 Å². The first-order valence-corrected chi connectivity index (χ1v) is 7.16. The van der Waals surface area contributed by atoms with Crippen molar-refractivity contribution in [2.75, 3.05) is 6.61 Å². The van der Waals surface area contributed by atoms with Crippen LogP contribution in [0.1, 0.15) is 47.0 Å². The molecule has 0 heterocycles. The van der Waals surface area contributed by atoms with E-state index in [1.54, 1.807) is 6.08 Å². The molecule has 0 radical (unpaired) electrons. The van der Waals surface area contributed by atoms with Gasteiger partial charge in [0, 0.05) is 0 Å². The molecule has 2 atom stereocenters. The number of ether oxygens (including phenoxy) is 2. The van der Waals surface area contributed by atoms with Gasteiger partial charge in [0.05, 0.1) is 18.6 Å². The zero-order valence-corrected chi connectivity index (χ0v) is 12.8. The van der Waals surface area contributed by atoms with Gasteiger partial charge in [0.1, 0.15) is 5.60 Å². The van der Waals surface area contributed by atoms with E-state index >= 15 is 0 Å². The third-order valence-electron chi connectivity index (χ3n) is 2.83. The predicted molar refractivity (Wildman–Crippen MR) is 76.3 cm³/mol. The maximum Gasteiger partial charge on any atom is 0.408 e. The van der Waals surface area contributed by atoms with Gasteiger partial charge in [-0.1, -0.05) is 25.5 Å². The number of hydrogen-bond acceptors (Lipinski definition) is 4. The van der Waals surface area contributed by atoms with Crippen LogP contribution in [0.5, 0.6) is 0 Å². The van der Waals surface area contributed by atoms with Gasteiger partial charge in [-0.15, -0.1) is 0 Å². The average molecular weight is 283 g/mol. The van der Waals surface area contributed by atoms with E-state index in [2.05, 4.69) is 5.32 Å². The van der Waals surface area contributed by atoms with Crippen LogP contribution in [0.25, 0.3) is 0 Å². The SMILES string of the molecule is CCCCOC(=O)[C@H]1C=C[C@@H](NC(=O)OC(C)(C)C)C1. The molecule has 0 bridgehead atoms.